The molecule has 4 aliphatic rings. The van der Waals surface area contributed by atoms with Gasteiger partial charge in [0.15, 0.2) is 0 Å². The van der Waals surface area contributed by atoms with Gasteiger partial charge in [0.1, 0.15) is 0 Å². The Labute approximate surface area is 165 Å². The van der Waals surface area contributed by atoms with Gasteiger partial charge >= 0.3 is 0 Å². The molecule has 0 radical (unpaired) electrons. The Kier molecular flexibility index (Phi) is 5.22. The first-order valence-corrected chi connectivity index (χ1v) is 11.8. The quantitative estimate of drug-likeness (QED) is 0.683. The molecule has 0 amide bonds. The molecule has 0 aromatic carbocycles. The largest absolute Gasteiger partial charge is 0.393 e. The van der Waals surface area contributed by atoms with Gasteiger partial charge in [-0.1, -0.05) is 40.5 Å². The fourth-order valence-electron chi connectivity index (χ4n) is 8.79. The van der Waals surface area contributed by atoms with E-state index in [4.69, 9.17) is 0 Å². The maximum absolute atomic E-state index is 11.5. The van der Waals surface area contributed by atoms with E-state index in [2.05, 4.69) is 27.7 Å². The van der Waals surface area contributed by atoms with Crippen molar-refractivity contribution in [3.8, 4) is 0 Å². The standard InChI is InChI=1S/C24H42O3/c1-5-6-14(2)17-7-8-18-22-19(13-21(27)24(17,18)4)23(3)10-9-16(25)11-15(23)12-20(22)26/h14-22,25-27H,5-13H2,1-4H3/t14?,15?,16?,17?,18?,19?,20-,21?,22?,23?,24?/m1/s1. The van der Waals surface area contributed by atoms with Crippen LogP contribution in [-0.4, -0.2) is 33.6 Å². The van der Waals surface area contributed by atoms with Crippen LogP contribution in [0.1, 0.15) is 85.5 Å². The van der Waals surface area contributed by atoms with Gasteiger partial charge in [-0.3, -0.25) is 0 Å². The topological polar surface area (TPSA) is 60.7 Å². The van der Waals surface area contributed by atoms with Crippen LogP contribution in [0, 0.1) is 46.3 Å². The molecule has 27 heavy (non-hydrogen) atoms. The summed E-state index contributed by atoms with van der Waals surface area (Å²) in [6.07, 6.45) is 8.64. The normalized spacial score (nSPS) is 56.1. The second-order valence-electron chi connectivity index (χ2n) is 11.3. The number of hydrogen-bond donors (Lipinski definition) is 3. The number of hydrogen-bond acceptors (Lipinski definition) is 3. The molecule has 3 heteroatoms. The number of aliphatic hydroxyl groups excluding tert-OH is 3. The van der Waals surface area contributed by atoms with Gasteiger partial charge in [0.25, 0.3) is 0 Å². The van der Waals surface area contributed by atoms with E-state index in [1.807, 2.05) is 0 Å². The smallest absolute Gasteiger partial charge is 0.0602 e. The Morgan fingerprint density at radius 1 is 0.963 bits per heavy atom. The van der Waals surface area contributed by atoms with Crippen molar-refractivity contribution in [3.05, 3.63) is 0 Å². The molecule has 4 fully saturated rings. The molecule has 11 atom stereocenters. The molecule has 0 aliphatic heterocycles. The molecule has 0 spiro atoms. The third-order valence-electron chi connectivity index (χ3n) is 10.3. The summed E-state index contributed by atoms with van der Waals surface area (Å²) >= 11 is 0. The van der Waals surface area contributed by atoms with Crippen LogP contribution in [0.2, 0.25) is 0 Å². The lowest BCUT2D eigenvalue weighted by Gasteiger charge is -2.63. The van der Waals surface area contributed by atoms with Crippen LogP contribution in [0.15, 0.2) is 0 Å². The Balaban J connectivity index is 1.66. The number of aliphatic hydroxyl groups is 3. The summed E-state index contributed by atoms with van der Waals surface area (Å²) in [6, 6.07) is 0. The molecule has 3 N–H and O–H groups in total. The molecule has 0 heterocycles. The first kappa shape index (κ1) is 20.2. The van der Waals surface area contributed by atoms with Gasteiger partial charge in [0.2, 0.25) is 0 Å². The van der Waals surface area contributed by atoms with E-state index in [-0.39, 0.29) is 29.1 Å². The highest BCUT2D eigenvalue weighted by Crippen LogP contribution is 2.68. The maximum Gasteiger partial charge on any atom is 0.0602 e. The molecule has 156 valence electrons. The van der Waals surface area contributed by atoms with E-state index in [9.17, 15) is 15.3 Å². The molecule has 3 nitrogen and oxygen atoms in total. The summed E-state index contributed by atoms with van der Waals surface area (Å²) < 4.78 is 0. The van der Waals surface area contributed by atoms with E-state index >= 15 is 0 Å². The molecular formula is C24H42O3. The fraction of sp³-hybridized carbons (Fsp3) is 1.00. The Hall–Kier alpha value is -0.120. The summed E-state index contributed by atoms with van der Waals surface area (Å²) in [6.45, 7) is 9.42. The van der Waals surface area contributed by atoms with Crippen LogP contribution >= 0.6 is 0 Å². The van der Waals surface area contributed by atoms with Crippen molar-refractivity contribution in [2.45, 2.75) is 104 Å². The maximum atomic E-state index is 11.5. The van der Waals surface area contributed by atoms with Crippen molar-refractivity contribution >= 4 is 0 Å². The highest BCUT2D eigenvalue weighted by molar-refractivity contribution is 5.14. The lowest BCUT2D eigenvalue weighted by Crippen LogP contribution is -2.62. The molecule has 0 saturated heterocycles. The fourth-order valence-corrected chi connectivity index (χ4v) is 8.79. The first-order valence-electron chi connectivity index (χ1n) is 11.8. The van der Waals surface area contributed by atoms with Gasteiger partial charge in [-0.05, 0) is 91.3 Å². The molecule has 0 aromatic heterocycles. The Bertz CT molecular complexity index is 550. The average molecular weight is 379 g/mol. The zero-order valence-electron chi connectivity index (χ0n) is 17.9. The molecule has 0 bridgehead atoms. The van der Waals surface area contributed by atoms with Gasteiger partial charge in [-0.2, -0.15) is 0 Å². The van der Waals surface area contributed by atoms with Gasteiger partial charge < -0.3 is 15.3 Å². The van der Waals surface area contributed by atoms with E-state index in [1.165, 1.54) is 25.7 Å². The number of rotatable bonds is 3. The predicted molar refractivity (Wildman–Crippen MR) is 108 cm³/mol. The summed E-state index contributed by atoms with van der Waals surface area (Å²) in [4.78, 5) is 0. The number of fused-ring (bicyclic) bond motifs is 5. The minimum Gasteiger partial charge on any atom is -0.393 e. The minimum atomic E-state index is -0.254. The summed E-state index contributed by atoms with van der Waals surface area (Å²) in [5.74, 6) is 2.86. The average Bonchev–Trinajstić information content (AvgIpc) is 2.96. The van der Waals surface area contributed by atoms with Gasteiger partial charge in [0, 0.05) is 0 Å². The summed E-state index contributed by atoms with van der Waals surface area (Å²) in [5, 5.41) is 32.9. The predicted octanol–water partition coefficient (Wildman–Crippen LogP) is 4.38. The Morgan fingerprint density at radius 3 is 2.41 bits per heavy atom. The monoisotopic (exact) mass is 378 g/mol. The van der Waals surface area contributed by atoms with E-state index in [0.717, 1.165) is 32.1 Å². The van der Waals surface area contributed by atoms with E-state index < -0.39 is 0 Å². The van der Waals surface area contributed by atoms with Crippen molar-refractivity contribution in [1.29, 1.82) is 0 Å². The minimum absolute atomic E-state index is 0.0336. The molecular weight excluding hydrogens is 336 g/mol. The van der Waals surface area contributed by atoms with Crippen LogP contribution < -0.4 is 0 Å². The van der Waals surface area contributed by atoms with Gasteiger partial charge in [-0.15, -0.1) is 0 Å². The van der Waals surface area contributed by atoms with Crippen molar-refractivity contribution < 1.29 is 15.3 Å². The summed E-state index contributed by atoms with van der Waals surface area (Å²) in [7, 11) is 0. The van der Waals surface area contributed by atoms with Crippen molar-refractivity contribution in [1.82, 2.24) is 0 Å². The van der Waals surface area contributed by atoms with E-state index in [1.54, 1.807) is 0 Å². The van der Waals surface area contributed by atoms with Crippen molar-refractivity contribution in [2.75, 3.05) is 0 Å². The van der Waals surface area contributed by atoms with Crippen LogP contribution in [0.3, 0.4) is 0 Å². The van der Waals surface area contributed by atoms with E-state index in [0.29, 0.717) is 35.5 Å². The SMILES string of the molecule is CCCC(C)C1CCC2C3C(CC(O)C12C)C1(C)CCC(O)CC1C[C@H]3O. The van der Waals surface area contributed by atoms with Crippen molar-refractivity contribution in [3.63, 3.8) is 0 Å². The van der Waals surface area contributed by atoms with Crippen LogP contribution in [0.5, 0.6) is 0 Å². The van der Waals surface area contributed by atoms with Gasteiger partial charge in [-0.25, -0.2) is 0 Å². The Morgan fingerprint density at radius 2 is 1.70 bits per heavy atom. The summed E-state index contributed by atoms with van der Waals surface area (Å²) in [5.41, 5.74) is 0.146. The lowest BCUT2D eigenvalue weighted by atomic mass is 9.43. The first-order chi connectivity index (χ1) is 12.7. The third-order valence-corrected chi connectivity index (χ3v) is 10.3. The molecule has 4 aliphatic carbocycles. The van der Waals surface area contributed by atoms with Crippen molar-refractivity contribution in [2.24, 2.45) is 46.3 Å². The van der Waals surface area contributed by atoms with Gasteiger partial charge in [0.05, 0.1) is 18.3 Å². The zero-order chi connectivity index (χ0) is 19.6. The molecule has 4 saturated carbocycles. The van der Waals surface area contributed by atoms with Crippen LogP contribution in [0.25, 0.3) is 0 Å². The van der Waals surface area contributed by atoms with Crippen LogP contribution in [0.4, 0.5) is 0 Å². The second-order valence-corrected chi connectivity index (χ2v) is 11.3. The van der Waals surface area contributed by atoms with Crippen LogP contribution in [-0.2, 0) is 0 Å². The second kappa shape index (κ2) is 6.99. The lowest BCUT2D eigenvalue weighted by molar-refractivity contribution is -0.207. The molecule has 10 unspecified atom stereocenters. The third kappa shape index (κ3) is 2.86. The highest BCUT2D eigenvalue weighted by atomic mass is 16.3. The zero-order valence-corrected chi connectivity index (χ0v) is 17.9. The highest BCUT2D eigenvalue weighted by Gasteiger charge is 2.65. The molecule has 4 rings (SSSR count). The molecule has 0 aromatic rings.